The van der Waals surface area contributed by atoms with E-state index in [0.717, 1.165) is 18.0 Å². The van der Waals surface area contributed by atoms with Crippen LogP contribution in [0.4, 0.5) is 10.5 Å². The Labute approximate surface area is 152 Å². The molecule has 2 fully saturated rings. The fourth-order valence-electron chi connectivity index (χ4n) is 3.18. The fraction of sp³-hybridized carbons (Fsp3) is 0.500. The number of piperazine rings is 1. The van der Waals surface area contributed by atoms with Crippen LogP contribution in [0.5, 0.6) is 5.75 Å². The van der Waals surface area contributed by atoms with Gasteiger partial charge in [-0.1, -0.05) is 0 Å². The number of benzene rings is 1. The minimum absolute atomic E-state index is 0.0306. The molecule has 140 valence electrons. The highest BCUT2D eigenvalue weighted by Gasteiger charge is 2.39. The van der Waals surface area contributed by atoms with Gasteiger partial charge in [-0.2, -0.15) is 0 Å². The van der Waals surface area contributed by atoms with Crippen LogP contribution in [0.1, 0.15) is 12.8 Å². The van der Waals surface area contributed by atoms with E-state index in [1.807, 2.05) is 11.9 Å². The number of carbonyl (C=O) groups excluding carboxylic acids is 3. The van der Waals surface area contributed by atoms with E-state index < -0.39 is 12.1 Å². The number of imide groups is 1. The Bertz CT molecular complexity index is 683. The zero-order chi connectivity index (χ0) is 18.7. The highest BCUT2D eigenvalue weighted by atomic mass is 16.5. The lowest BCUT2D eigenvalue weighted by Gasteiger charge is -2.32. The summed E-state index contributed by atoms with van der Waals surface area (Å²) in [5.74, 6) is 0.351. The lowest BCUT2D eigenvalue weighted by atomic mass is 10.1. The lowest BCUT2D eigenvalue weighted by molar-refractivity contribution is -0.133. The van der Waals surface area contributed by atoms with Crippen LogP contribution in [-0.4, -0.2) is 74.0 Å². The van der Waals surface area contributed by atoms with Gasteiger partial charge in [0.05, 0.1) is 12.8 Å². The molecule has 2 aliphatic heterocycles. The molecule has 2 heterocycles. The van der Waals surface area contributed by atoms with Crippen molar-refractivity contribution < 1.29 is 19.1 Å². The van der Waals surface area contributed by atoms with Crippen LogP contribution < -0.4 is 15.0 Å². The number of anilines is 1. The molecule has 0 aromatic heterocycles. The molecule has 8 nitrogen and oxygen atoms in total. The van der Waals surface area contributed by atoms with Crippen molar-refractivity contribution in [3.05, 3.63) is 24.3 Å². The van der Waals surface area contributed by atoms with Gasteiger partial charge in [0.2, 0.25) is 5.91 Å². The van der Waals surface area contributed by atoms with E-state index in [-0.39, 0.29) is 18.2 Å². The summed E-state index contributed by atoms with van der Waals surface area (Å²) in [6.07, 6.45) is 0.555. The molecule has 1 aromatic carbocycles. The number of nitrogens with one attached hydrogen (secondary N) is 1. The summed E-state index contributed by atoms with van der Waals surface area (Å²) >= 11 is 0. The summed E-state index contributed by atoms with van der Waals surface area (Å²) in [6.45, 7) is 3.13. The van der Waals surface area contributed by atoms with Gasteiger partial charge in [0.15, 0.2) is 0 Å². The smallest absolute Gasteiger partial charge is 0.329 e. The van der Waals surface area contributed by atoms with Crippen LogP contribution in [-0.2, 0) is 9.59 Å². The largest absolute Gasteiger partial charge is 0.497 e. The summed E-state index contributed by atoms with van der Waals surface area (Å²) in [5, 5.41) is 2.67. The van der Waals surface area contributed by atoms with Gasteiger partial charge in [-0.3, -0.25) is 9.59 Å². The third kappa shape index (κ3) is 3.80. The Morgan fingerprint density at radius 2 is 1.81 bits per heavy atom. The Kier molecular flexibility index (Phi) is 5.41. The topological polar surface area (TPSA) is 82.2 Å². The van der Waals surface area contributed by atoms with Gasteiger partial charge in [0, 0.05) is 32.6 Å². The van der Waals surface area contributed by atoms with Crippen molar-refractivity contribution in [2.45, 2.75) is 18.9 Å². The van der Waals surface area contributed by atoms with Gasteiger partial charge < -0.3 is 19.9 Å². The molecule has 8 heteroatoms. The Balaban J connectivity index is 1.57. The molecule has 1 unspecified atom stereocenters. The number of ether oxygens (including phenoxy) is 1. The second kappa shape index (κ2) is 7.74. The fourth-order valence-corrected chi connectivity index (χ4v) is 3.18. The number of carbonyl (C=O) groups is 3. The van der Waals surface area contributed by atoms with E-state index in [2.05, 4.69) is 10.2 Å². The van der Waals surface area contributed by atoms with Gasteiger partial charge in [-0.15, -0.1) is 0 Å². The van der Waals surface area contributed by atoms with Crippen molar-refractivity contribution in [3.63, 3.8) is 0 Å². The number of hydrogen-bond donors (Lipinski definition) is 1. The van der Waals surface area contributed by atoms with E-state index in [1.165, 1.54) is 0 Å². The number of methoxy groups -OCH3 is 1. The summed E-state index contributed by atoms with van der Waals surface area (Å²) in [4.78, 5) is 42.2. The van der Waals surface area contributed by atoms with E-state index in [0.29, 0.717) is 30.9 Å². The maximum Gasteiger partial charge on any atom is 0.329 e. The molecular weight excluding hydrogens is 336 g/mol. The second-order valence-corrected chi connectivity index (χ2v) is 6.60. The minimum atomic E-state index is -0.666. The van der Waals surface area contributed by atoms with Gasteiger partial charge in [0.1, 0.15) is 11.8 Å². The van der Waals surface area contributed by atoms with Crippen molar-refractivity contribution in [2.24, 2.45) is 0 Å². The van der Waals surface area contributed by atoms with Crippen molar-refractivity contribution in [1.29, 1.82) is 0 Å². The van der Waals surface area contributed by atoms with Gasteiger partial charge in [-0.25, -0.2) is 9.69 Å². The average Bonchev–Trinajstić information content (AvgIpc) is 2.94. The summed E-state index contributed by atoms with van der Waals surface area (Å²) in [6, 6.07) is 5.58. The highest BCUT2D eigenvalue weighted by Crippen LogP contribution is 2.24. The monoisotopic (exact) mass is 360 g/mol. The number of nitrogens with zero attached hydrogens (tertiary/aromatic N) is 3. The standard InChI is InChI=1S/C18H24N4O4/c1-20-9-11-21(12-10-20)16(23)8-7-15-17(24)22(18(25)19-15)13-3-5-14(26-2)6-4-13/h3-6,15H,7-12H2,1-2H3,(H,19,25). The van der Waals surface area contributed by atoms with E-state index >= 15 is 0 Å². The maximum atomic E-state index is 12.6. The highest BCUT2D eigenvalue weighted by molar-refractivity contribution is 6.21. The molecule has 2 saturated heterocycles. The zero-order valence-electron chi connectivity index (χ0n) is 15.1. The molecule has 1 N–H and O–H groups in total. The number of amides is 4. The Morgan fingerprint density at radius 1 is 1.15 bits per heavy atom. The van der Waals surface area contributed by atoms with Crippen molar-refractivity contribution >= 4 is 23.5 Å². The van der Waals surface area contributed by atoms with Gasteiger partial charge in [0.25, 0.3) is 5.91 Å². The summed E-state index contributed by atoms with van der Waals surface area (Å²) < 4.78 is 5.09. The molecule has 0 radical (unpaired) electrons. The van der Waals surface area contributed by atoms with E-state index in [1.54, 1.807) is 31.4 Å². The molecule has 0 bridgehead atoms. The van der Waals surface area contributed by atoms with Crippen LogP contribution in [0, 0.1) is 0 Å². The molecule has 0 saturated carbocycles. The number of urea groups is 1. The van der Waals surface area contributed by atoms with Crippen LogP contribution >= 0.6 is 0 Å². The molecule has 3 rings (SSSR count). The first kappa shape index (κ1) is 18.2. The zero-order valence-corrected chi connectivity index (χ0v) is 15.1. The molecule has 1 atom stereocenters. The normalized spacial score (nSPS) is 21.1. The molecule has 2 aliphatic rings. The average molecular weight is 360 g/mol. The second-order valence-electron chi connectivity index (χ2n) is 6.60. The quantitative estimate of drug-likeness (QED) is 0.781. The molecule has 1 aromatic rings. The van der Waals surface area contributed by atoms with Gasteiger partial charge in [-0.05, 0) is 37.7 Å². The van der Waals surface area contributed by atoms with Crippen LogP contribution in [0.15, 0.2) is 24.3 Å². The third-order valence-corrected chi connectivity index (χ3v) is 4.85. The minimum Gasteiger partial charge on any atom is -0.497 e. The van der Waals surface area contributed by atoms with Crippen molar-refractivity contribution in [2.75, 3.05) is 45.2 Å². The molecule has 26 heavy (non-hydrogen) atoms. The first-order valence-corrected chi connectivity index (χ1v) is 8.74. The summed E-state index contributed by atoms with van der Waals surface area (Å²) in [5.41, 5.74) is 0.487. The molecule has 0 aliphatic carbocycles. The first-order valence-electron chi connectivity index (χ1n) is 8.74. The van der Waals surface area contributed by atoms with Gasteiger partial charge >= 0.3 is 6.03 Å². The predicted molar refractivity (Wildman–Crippen MR) is 96.1 cm³/mol. The van der Waals surface area contributed by atoms with Crippen LogP contribution in [0.25, 0.3) is 0 Å². The molecular formula is C18H24N4O4. The molecule has 4 amide bonds. The van der Waals surface area contributed by atoms with Crippen molar-refractivity contribution in [3.8, 4) is 5.75 Å². The van der Waals surface area contributed by atoms with Crippen LogP contribution in [0.3, 0.4) is 0 Å². The van der Waals surface area contributed by atoms with Crippen molar-refractivity contribution in [1.82, 2.24) is 15.1 Å². The number of likely N-dealkylation sites (N-methyl/N-ethyl adjacent to an activating group) is 1. The first-order chi connectivity index (χ1) is 12.5. The number of hydrogen-bond acceptors (Lipinski definition) is 5. The van der Waals surface area contributed by atoms with E-state index in [4.69, 9.17) is 4.74 Å². The van der Waals surface area contributed by atoms with E-state index in [9.17, 15) is 14.4 Å². The third-order valence-electron chi connectivity index (χ3n) is 4.85. The summed E-state index contributed by atoms with van der Waals surface area (Å²) in [7, 11) is 3.58. The lowest BCUT2D eigenvalue weighted by Crippen LogP contribution is -2.47. The Hall–Kier alpha value is -2.61. The maximum absolute atomic E-state index is 12.6. The molecule has 0 spiro atoms. The predicted octanol–water partition coefficient (Wildman–Crippen LogP) is 0.674. The number of rotatable bonds is 5. The SMILES string of the molecule is COc1ccc(N2C(=O)NC(CCC(=O)N3CCN(C)CC3)C2=O)cc1. The van der Waals surface area contributed by atoms with Crippen LogP contribution in [0.2, 0.25) is 0 Å². The Morgan fingerprint density at radius 3 is 2.42 bits per heavy atom.